The first-order chi connectivity index (χ1) is 9.91. The fraction of sp³-hybridized carbons (Fsp3) is 0.667. The number of ether oxygens (including phenoxy) is 1. The molecule has 0 aliphatic heterocycles. The number of halogens is 1. The molecule has 2 unspecified atom stereocenters. The lowest BCUT2D eigenvalue weighted by Gasteiger charge is -2.41. The van der Waals surface area contributed by atoms with E-state index >= 15 is 0 Å². The van der Waals surface area contributed by atoms with Crippen molar-refractivity contribution in [2.75, 3.05) is 7.11 Å². The lowest BCUT2D eigenvalue weighted by molar-refractivity contribution is 0.130. The molecule has 1 aromatic carbocycles. The molecule has 118 valence electrons. The first-order valence-corrected chi connectivity index (χ1v) is 8.77. The summed E-state index contributed by atoms with van der Waals surface area (Å²) >= 11 is 3.56. The highest BCUT2D eigenvalue weighted by molar-refractivity contribution is 9.10. The third-order valence-electron chi connectivity index (χ3n) is 4.66. The maximum atomic E-state index is 5.29. The second-order valence-corrected chi connectivity index (χ2v) is 8.07. The highest BCUT2D eigenvalue weighted by Crippen LogP contribution is 2.38. The van der Waals surface area contributed by atoms with Gasteiger partial charge >= 0.3 is 0 Å². The van der Waals surface area contributed by atoms with Crippen LogP contribution in [0.25, 0.3) is 0 Å². The predicted octanol–water partition coefficient (Wildman–Crippen LogP) is 5.15. The highest BCUT2D eigenvalue weighted by atomic mass is 79.9. The van der Waals surface area contributed by atoms with Gasteiger partial charge in [0.15, 0.2) is 0 Å². The van der Waals surface area contributed by atoms with E-state index in [0.29, 0.717) is 11.5 Å². The standard InChI is InChI=1S/C18H28BrNO/c1-18(2,3)14-7-5-6-8-16(14)20-12-13-9-10-17(21-4)15(19)11-13/h9-11,14,16,20H,5-8,12H2,1-4H3. The van der Waals surface area contributed by atoms with Crippen molar-refractivity contribution >= 4 is 15.9 Å². The summed E-state index contributed by atoms with van der Waals surface area (Å²) in [5, 5.41) is 3.80. The van der Waals surface area contributed by atoms with Crippen molar-refractivity contribution in [3.05, 3.63) is 28.2 Å². The van der Waals surface area contributed by atoms with Gasteiger partial charge in [-0.05, 0) is 57.8 Å². The molecule has 0 bridgehead atoms. The summed E-state index contributed by atoms with van der Waals surface area (Å²) in [5.41, 5.74) is 1.69. The maximum absolute atomic E-state index is 5.29. The van der Waals surface area contributed by atoms with Crippen molar-refractivity contribution in [3.63, 3.8) is 0 Å². The number of methoxy groups -OCH3 is 1. The Morgan fingerprint density at radius 3 is 2.57 bits per heavy atom. The van der Waals surface area contributed by atoms with E-state index in [-0.39, 0.29) is 0 Å². The van der Waals surface area contributed by atoms with Gasteiger partial charge in [-0.3, -0.25) is 0 Å². The van der Waals surface area contributed by atoms with Gasteiger partial charge < -0.3 is 10.1 Å². The fourth-order valence-electron chi connectivity index (χ4n) is 3.48. The predicted molar refractivity (Wildman–Crippen MR) is 92.7 cm³/mol. The van der Waals surface area contributed by atoms with Crippen molar-refractivity contribution in [3.8, 4) is 5.75 Å². The summed E-state index contributed by atoms with van der Waals surface area (Å²) in [6, 6.07) is 6.97. The topological polar surface area (TPSA) is 21.3 Å². The van der Waals surface area contributed by atoms with Crippen LogP contribution in [-0.4, -0.2) is 13.2 Å². The van der Waals surface area contributed by atoms with Gasteiger partial charge in [-0.15, -0.1) is 0 Å². The number of benzene rings is 1. The van der Waals surface area contributed by atoms with Crippen LogP contribution in [0.2, 0.25) is 0 Å². The Morgan fingerprint density at radius 1 is 1.24 bits per heavy atom. The lowest BCUT2D eigenvalue weighted by atomic mass is 9.69. The van der Waals surface area contributed by atoms with Crippen LogP contribution in [0.5, 0.6) is 5.75 Å². The van der Waals surface area contributed by atoms with E-state index in [0.717, 1.165) is 22.7 Å². The molecule has 1 saturated carbocycles. The van der Waals surface area contributed by atoms with Gasteiger partial charge in [-0.1, -0.05) is 39.7 Å². The fourth-order valence-corrected chi connectivity index (χ4v) is 4.07. The Bertz CT molecular complexity index is 467. The zero-order chi connectivity index (χ0) is 15.5. The zero-order valence-electron chi connectivity index (χ0n) is 13.7. The Hall–Kier alpha value is -0.540. The van der Waals surface area contributed by atoms with Gasteiger partial charge in [-0.2, -0.15) is 0 Å². The maximum Gasteiger partial charge on any atom is 0.133 e. The Morgan fingerprint density at radius 2 is 1.95 bits per heavy atom. The van der Waals surface area contributed by atoms with Crippen LogP contribution in [-0.2, 0) is 6.54 Å². The van der Waals surface area contributed by atoms with Crippen molar-refractivity contribution in [1.29, 1.82) is 0 Å². The normalized spacial score (nSPS) is 23.1. The molecule has 3 heteroatoms. The molecular formula is C18H28BrNO. The Kier molecular flexibility index (Phi) is 5.73. The monoisotopic (exact) mass is 353 g/mol. The molecule has 21 heavy (non-hydrogen) atoms. The summed E-state index contributed by atoms with van der Waals surface area (Å²) in [6.07, 6.45) is 5.40. The second kappa shape index (κ2) is 7.15. The number of hydrogen-bond acceptors (Lipinski definition) is 2. The molecule has 1 aromatic rings. The molecule has 1 N–H and O–H groups in total. The van der Waals surface area contributed by atoms with Gasteiger partial charge in [0, 0.05) is 12.6 Å². The van der Waals surface area contributed by atoms with Gasteiger partial charge in [-0.25, -0.2) is 0 Å². The molecule has 1 fully saturated rings. The average Bonchev–Trinajstić information content (AvgIpc) is 2.44. The van der Waals surface area contributed by atoms with E-state index in [1.54, 1.807) is 7.11 Å². The van der Waals surface area contributed by atoms with Crippen LogP contribution in [0, 0.1) is 11.3 Å². The van der Waals surface area contributed by atoms with Crippen molar-refractivity contribution in [1.82, 2.24) is 5.32 Å². The van der Waals surface area contributed by atoms with E-state index in [1.165, 1.54) is 31.2 Å². The number of rotatable bonds is 4. The molecule has 1 aliphatic rings. The van der Waals surface area contributed by atoms with E-state index < -0.39 is 0 Å². The summed E-state index contributed by atoms with van der Waals surface area (Å²) < 4.78 is 6.32. The average molecular weight is 354 g/mol. The second-order valence-electron chi connectivity index (χ2n) is 7.21. The number of hydrogen-bond donors (Lipinski definition) is 1. The lowest BCUT2D eigenvalue weighted by Crippen LogP contribution is -2.43. The SMILES string of the molecule is COc1ccc(CNC2CCCCC2C(C)(C)C)cc1Br. The first kappa shape index (κ1) is 16.8. The van der Waals surface area contributed by atoms with Crippen LogP contribution in [0.4, 0.5) is 0 Å². The molecule has 0 radical (unpaired) electrons. The molecule has 0 heterocycles. The van der Waals surface area contributed by atoms with Crippen LogP contribution in [0.3, 0.4) is 0 Å². The Labute approximate surface area is 137 Å². The molecule has 0 amide bonds. The highest BCUT2D eigenvalue weighted by Gasteiger charge is 2.33. The van der Waals surface area contributed by atoms with E-state index in [1.807, 2.05) is 6.07 Å². The summed E-state index contributed by atoms with van der Waals surface area (Å²) in [4.78, 5) is 0. The summed E-state index contributed by atoms with van der Waals surface area (Å²) in [7, 11) is 1.70. The minimum absolute atomic E-state index is 0.387. The molecule has 0 aromatic heterocycles. The summed E-state index contributed by atoms with van der Waals surface area (Å²) in [6.45, 7) is 8.06. The number of nitrogens with one attached hydrogen (secondary N) is 1. The van der Waals surface area contributed by atoms with Crippen LogP contribution < -0.4 is 10.1 Å². The largest absolute Gasteiger partial charge is 0.496 e. The van der Waals surface area contributed by atoms with E-state index in [9.17, 15) is 0 Å². The molecule has 0 saturated heterocycles. The quantitative estimate of drug-likeness (QED) is 0.807. The van der Waals surface area contributed by atoms with Gasteiger partial charge in [0.05, 0.1) is 11.6 Å². The Balaban J connectivity index is 1.99. The van der Waals surface area contributed by atoms with Crippen molar-refractivity contribution in [2.24, 2.45) is 11.3 Å². The minimum atomic E-state index is 0.387. The van der Waals surface area contributed by atoms with E-state index in [4.69, 9.17) is 4.74 Å². The van der Waals surface area contributed by atoms with Crippen LogP contribution in [0.15, 0.2) is 22.7 Å². The van der Waals surface area contributed by atoms with Crippen LogP contribution in [0.1, 0.15) is 52.0 Å². The molecular weight excluding hydrogens is 326 g/mol. The molecule has 2 nitrogen and oxygen atoms in total. The van der Waals surface area contributed by atoms with Gasteiger partial charge in [0.1, 0.15) is 5.75 Å². The van der Waals surface area contributed by atoms with Gasteiger partial charge in [0.25, 0.3) is 0 Å². The van der Waals surface area contributed by atoms with Crippen LogP contribution >= 0.6 is 15.9 Å². The molecule has 2 rings (SSSR count). The third kappa shape index (κ3) is 4.46. The minimum Gasteiger partial charge on any atom is -0.496 e. The van der Waals surface area contributed by atoms with E-state index in [2.05, 4.69) is 54.2 Å². The molecule has 2 atom stereocenters. The van der Waals surface area contributed by atoms with Crippen molar-refractivity contribution < 1.29 is 4.74 Å². The third-order valence-corrected chi connectivity index (χ3v) is 5.28. The van der Waals surface area contributed by atoms with Gasteiger partial charge in [0.2, 0.25) is 0 Å². The van der Waals surface area contributed by atoms with Crippen molar-refractivity contribution in [2.45, 2.75) is 59.0 Å². The zero-order valence-corrected chi connectivity index (χ0v) is 15.3. The first-order valence-electron chi connectivity index (χ1n) is 7.97. The summed E-state index contributed by atoms with van der Waals surface area (Å²) in [5.74, 6) is 1.66. The molecule has 0 spiro atoms. The smallest absolute Gasteiger partial charge is 0.133 e. The molecule has 1 aliphatic carbocycles.